The van der Waals surface area contributed by atoms with Gasteiger partial charge < -0.3 is 10.5 Å². The summed E-state index contributed by atoms with van der Waals surface area (Å²) in [5, 5.41) is 0. The SMILES string of the molecule is NC(COCC(F)(F)F)Cc1c(F)cccc1F. The number of ether oxygens (including phenoxy) is 1. The quantitative estimate of drug-likeness (QED) is 0.833. The lowest BCUT2D eigenvalue weighted by molar-refractivity contribution is -0.174. The molecule has 0 heterocycles. The summed E-state index contributed by atoms with van der Waals surface area (Å²) in [4.78, 5) is 0. The highest BCUT2D eigenvalue weighted by atomic mass is 19.4. The first kappa shape index (κ1) is 14.8. The molecule has 2 nitrogen and oxygen atoms in total. The van der Waals surface area contributed by atoms with E-state index in [1.54, 1.807) is 0 Å². The normalized spacial score (nSPS) is 13.7. The Morgan fingerprint density at radius 1 is 1.17 bits per heavy atom. The molecule has 0 bridgehead atoms. The number of hydrogen-bond donors (Lipinski definition) is 1. The molecule has 7 heteroatoms. The van der Waals surface area contributed by atoms with Gasteiger partial charge in [0.25, 0.3) is 0 Å². The molecule has 0 radical (unpaired) electrons. The van der Waals surface area contributed by atoms with Crippen LogP contribution in [0.25, 0.3) is 0 Å². The molecule has 1 aromatic carbocycles. The highest BCUT2D eigenvalue weighted by Gasteiger charge is 2.27. The standard InChI is InChI=1S/C11H12F5NO/c12-9-2-1-3-10(13)8(9)4-7(17)5-18-6-11(14,15)16/h1-3,7H,4-6,17H2. The van der Waals surface area contributed by atoms with E-state index in [0.29, 0.717) is 0 Å². The van der Waals surface area contributed by atoms with E-state index in [1.165, 1.54) is 6.07 Å². The number of nitrogens with two attached hydrogens (primary N) is 1. The maximum Gasteiger partial charge on any atom is 0.411 e. The van der Waals surface area contributed by atoms with E-state index < -0.39 is 37.1 Å². The molecule has 18 heavy (non-hydrogen) atoms. The average molecular weight is 269 g/mol. The molecule has 0 saturated carbocycles. The van der Waals surface area contributed by atoms with Crippen LogP contribution in [0, 0.1) is 11.6 Å². The van der Waals surface area contributed by atoms with Crippen molar-refractivity contribution < 1.29 is 26.7 Å². The van der Waals surface area contributed by atoms with E-state index >= 15 is 0 Å². The fourth-order valence-electron chi connectivity index (χ4n) is 1.37. The fourth-order valence-corrected chi connectivity index (χ4v) is 1.37. The van der Waals surface area contributed by atoms with Gasteiger partial charge in [-0.15, -0.1) is 0 Å². The predicted molar refractivity (Wildman–Crippen MR) is 54.9 cm³/mol. The molecule has 0 aliphatic rings. The van der Waals surface area contributed by atoms with Crippen LogP contribution in [0.2, 0.25) is 0 Å². The Labute approximate surface area is 101 Å². The monoisotopic (exact) mass is 269 g/mol. The van der Waals surface area contributed by atoms with Crippen molar-refractivity contribution in [1.82, 2.24) is 0 Å². The Hall–Kier alpha value is -1.21. The molecule has 0 amide bonds. The van der Waals surface area contributed by atoms with Crippen molar-refractivity contribution in [3.63, 3.8) is 0 Å². The zero-order valence-corrected chi connectivity index (χ0v) is 9.31. The Morgan fingerprint density at radius 2 is 1.72 bits per heavy atom. The number of alkyl halides is 3. The second-order valence-electron chi connectivity index (χ2n) is 3.79. The molecule has 1 aromatic rings. The molecule has 0 fully saturated rings. The maximum absolute atomic E-state index is 13.2. The van der Waals surface area contributed by atoms with Crippen LogP contribution in [-0.2, 0) is 11.2 Å². The van der Waals surface area contributed by atoms with E-state index in [1.807, 2.05) is 0 Å². The molecule has 2 N–H and O–H groups in total. The van der Waals surface area contributed by atoms with Gasteiger partial charge in [0, 0.05) is 11.6 Å². The zero-order valence-electron chi connectivity index (χ0n) is 9.31. The summed E-state index contributed by atoms with van der Waals surface area (Å²) in [5.41, 5.74) is 5.20. The second kappa shape index (κ2) is 6.10. The zero-order chi connectivity index (χ0) is 13.8. The molecule has 0 spiro atoms. The summed E-state index contributed by atoms with van der Waals surface area (Å²) in [6.07, 6.45) is -4.67. The number of hydrogen-bond acceptors (Lipinski definition) is 2. The lowest BCUT2D eigenvalue weighted by atomic mass is 10.1. The molecular weight excluding hydrogens is 257 g/mol. The van der Waals surface area contributed by atoms with Crippen LogP contribution >= 0.6 is 0 Å². The highest BCUT2D eigenvalue weighted by molar-refractivity contribution is 5.20. The minimum absolute atomic E-state index is 0.226. The van der Waals surface area contributed by atoms with Gasteiger partial charge in [-0.2, -0.15) is 13.2 Å². The lowest BCUT2D eigenvalue weighted by Gasteiger charge is -2.14. The van der Waals surface area contributed by atoms with E-state index in [4.69, 9.17) is 5.73 Å². The summed E-state index contributed by atoms with van der Waals surface area (Å²) in [6, 6.07) is 2.40. The third-order valence-electron chi connectivity index (χ3n) is 2.13. The van der Waals surface area contributed by atoms with Crippen molar-refractivity contribution in [2.45, 2.75) is 18.6 Å². The van der Waals surface area contributed by atoms with Crippen LogP contribution in [0.5, 0.6) is 0 Å². The maximum atomic E-state index is 13.2. The topological polar surface area (TPSA) is 35.2 Å². The fraction of sp³-hybridized carbons (Fsp3) is 0.455. The van der Waals surface area contributed by atoms with Crippen LogP contribution in [0.1, 0.15) is 5.56 Å². The molecule has 0 aliphatic heterocycles. The molecule has 1 unspecified atom stereocenters. The van der Waals surface area contributed by atoms with Gasteiger partial charge in [-0.3, -0.25) is 0 Å². The van der Waals surface area contributed by atoms with Crippen molar-refractivity contribution in [3.8, 4) is 0 Å². The van der Waals surface area contributed by atoms with E-state index in [2.05, 4.69) is 4.74 Å². The van der Waals surface area contributed by atoms with Crippen LogP contribution < -0.4 is 5.73 Å². The molecule has 1 atom stereocenters. The molecule has 1 rings (SSSR count). The summed E-state index contributed by atoms with van der Waals surface area (Å²) in [5.74, 6) is -1.55. The van der Waals surface area contributed by atoms with Gasteiger partial charge in [0.05, 0.1) is 6.61 Å². The van der Waals surface area contributed by atoms with Gasteiger partial charge in [-0.25, -0.2) is 8.78 Å². The van der Waals surface area contributed by atoms with Gasteiger partial charge in [0.2, 0.25) is 0 Å². The largest absolute Gasteiger partial charge is 0.411 e. The first-order valence-corrected chi connectivity index (χ1v) is 5.12. The lowest BCUT2D eigenvalue weighted by Crippen LogP contribution is -2.31. The summed E-state index contributed by atoms with van der Waals surface area (Å²) in [6.45, 7) is -1.85. The molecular formula is C11H12F5NO. The van der Waals surface area contributed by atoms with Gasteiger partial charge in [0.15, 0.2) is 0 Å². The Morgan fingerprint density at radius 3 is 2.22 bits per heavy atom. The van der Waals surface area contributed by atoms with Crippen molar-refractivity contribution >= 4 is 0 Å². The molecule has 0 aliphatic carbocycles. The van der Waals surface area contributed by atoms with Crippen LogP contribution in [0.4, 0.5) is 22.0 Å². The van der Waals surface area contributed by atoms with E-state index in [-0.39, 0.29) is 12.0 Å². The van der Waals surface area contributed by atoms with Gasteiger partial charge >= 0.3 is 6.18 Å². The Balaban J connectivity index is 2.47. The van der Waals surface area contributed by atoms with Crippen molar-refractivity contribution in [1.29, 1.82) is 0 Å². The van der Waals surface area contributed by atoms with E-state index in [9.17, 15) is 22.0 Å². The summed E-state index contributed by atoms with van der Waals surface area (Å²) in [7, 11) is 0. The number of rotatable bonds is 5. The molecule has 0 aromatic heterocycles. The minimum atomic E-state index is -4.44. The smallest absolute Gasteiger partial charge is 0.370 e. The number of benzene rings is 1. The van der Waals surface area contributed by atoms with Gasteiger partial charge in [-0.1, -0.05) is 6.07 Å². The first-order chi connectivity index (χ1) is 8.29. The predicted octanol–water partition coefficient (Wildman–Crippen LogP) is 2.41. The third-order valence-corrected chi connectivity index (χ3v) is 2.13. The summed E-state index contributed by atoms with van der Waals surface area (Å²) >= 11 is 0. The third kappa shape index (κ3) is 4.97. The van der Waals surface area contributed by atoms with Crippen molar-refractivity contribution in [2.24, 2.45) is 5.73 Å². The van der Waals surface area contributed by atoms with E-state index in [0.717, 1.165) is 12.1 Å². The highest BCUT2D eigenvalue weighted by Crippen LogP contribution is 2.16. The number of halogens is 5. The molecule has 102 valence electrons. The molecule has 0 saturated heterocycles. The summed E-state index contributed by atoms with van der Waals surface area (Å²) < 4.78 is 66.1. The van der Waals surface area contributed by atoms with Gasteiger partial charge in [0.1, 0.15) is 18.2 Å². The Bertz CT molecular complexity index is 373. The van der Waals surface area contributed by atoms with Crippen LogP contribution in [0.15, 0.2) is 18.2 Å². The average Bonchev–Trinajstić information content (AvgIpc) is 2.22. The first-order valence-electron chi connectivity index (χ1n) is 5.12. The van der Waals surface area contributed by atoms with Crippen LogP contribution in [-0.4, -0.2) is 25.4 Å². The van der Waals surface area contributed by atoms with Crippen molar-refractivity contribution in [3.05, 3.63) is 35.4 Å². The Kier molecular flexibility index (Phi) is 5.03. The van der Waals surface area contributed by atoms with Gasteiger partial charge in [-0.05, 0) is 18.6 Å². The second-order valence-corrected chi connectivity index (χ2v) is 3.79. The van der Waals surface area contributed by atoms with Crippen LogP contribution in [0.3, 0.4) is 0 Å². The van der Waals surface area contributed by atoms with Crippen molar-refractivity contribution in [2.75, 3.05) is 13.2 Å². The minimum Gasteiger partial charge on any atom is -0.370 e.